The SMILES string of the molecule is O=C(Nc1cccc(COCC2CC2)c1)C(F)(F)C1(O)CCC1. The van der Waals surface area contributed by atoms with Crippen LogP contribution in [-0.2, 0) is 16.1 Å². The molecule has 0 unspecified atom stereocenters. The van der Waals surface area contributed by atoms with Crippen LogP contribution in [0.15, 0.2) is 24.3 Å². The topological polar surface area (TPSA) is 58.6 Å². The van der Waals surface area contributed by atoms with Crippen molar-refractivity contribution in [3.63, 3.8) is 0 Å². The van der Waals surface area contributed by atoms with Gasteiger partial charge in [0.1, 0.15) is 5.60 Å². The number of rotatable bonds is 7. The highest BCUT2D eigenvalue weighted by atomic mass is 19.3. The maximum atomic E-state index is 14.0. The lowest BCUT2D eigenvalue weighted by molar-refractivity contribution is -0.212. The van der Waals surface area contributed by atoms with Crippen LogP contribution in [0.4, 0.5) is 14.5 Å². The molecule has 126 valence electrons. The number of carbonyl (C=O) groups is 1. The minimum Gasteiger partial charge on any atom is -0.383 e. The molecular formula is C17H21F2NO3. The van der Waals surface area contributed by atoms with Gasteiger partial charge in [0.15, 0.2) is 0 Å². The summed E-state index contributed by atoms with van der Waals surface area (Å²) in [7, 11) is 0. The van der Waals surface area contributed by atoms with Crippen molar-refractivity contribution in [3.8, 4) is 0 Å². The van der Waals surface area contributed by atoms with Crippen molar-refractivity contribution >= 4 is 11.6 Å². The lowest BCUT2D eigenvalue weighted by Crippen LogP contribution is -2.59. The molecule has 0 bridgehead atoms. The molecule has 0 aromatic heterocycles. The smallest absolute Gasteiger partial charge is 0.352 e. The number of alkyl halides is 2. The van der Waals surface area contributed by atoms with Crippen LogP contribution in [0.2, 0.25) is 0 Å². The first-order valence-corrected chi connectivity index (χ1v) is 7.99. The van der Waals surface area contributed by atoms with Crippen molar-refractivity contribution in [2.45, 2.75) is 50.2 Å². The van der Waals surface area contributed by atoms with Crippen molar-refractivity contribution < 1.29 is 23.4 Å². The van der Waals surface area contributed by atoms with E-state index < -0.39 is 17.4 Å². The number of benzene rings is 1. The van der Waals surface area contributed by atoms with Gasteiger partial charge in [-0.3, -0.25) is 4.79 Å². The Hall–Kier alpha value is -1.53. The maximum absolute atomic E-state index is 14.0. The van der Waals surface area contributed by atoms with Gasteiger partial charge in [0.25, 0.3) is 5.91 Å². The third-order valence-electron chi connectivity index (χ3n) is 4.55. The number of hydrogen-bond donors (Lipinski definition) is 2. The Kier molecular flexibility index (Phi) is 4.38. The minimum atomic E-state index is -3.79. The summed E-state index contributed by atoms with van der Waals surface area (Å²) >= 11 is 0. The molecule has 0 spiro atoms. The molecule has 23 heavy (non-hydrogen) atoms. The summed E-state index contributed by atoms with van der Waals surface area (Å²) in [5.41, 5.74) is -1.11. The third-order valence-corrected chi connectivity index (χ3v) is 4.55. The Morgan fingerprint density at radius 1 is 1.39 bits per heavy atom. The van der Waals surface area contributed by atoms with E-state index in [1.807, 2.05) is 6.07 Å². The molecule has 0 aliphatic heterocycles. The predicted octanol–water partition coefficient (Wildman–Crippen LogP) is 3.10. The lowest BCUT2D eigenvalue weighted by Gasteiger charge is -2.41. The van der Waals surface area contributed by atoms with E-state index in [1.165, 1.54) is 12.8 Å². The Bertz CT molecular complexity index is 583. The molecule has 1 aromatic rings. The number of hydrogen-bond acceptors (Lipinski definition) is 3. The van der Waals surface area contributed by atoms with Crippen LogP contribution >= 0.6 is 0 Å². The second-order valence-electron chi connectivity index (χ2n) is 6.57. The molecule has 2 fully saturated rings. The van der Waals surface area contributed by atoms with Crippen LogP contribution in [0.3, 0.4) is 0 Å². The Morgan fingerprint density at radius 2 is 2.13 bits per heavy atom. The van der Waals surface area contributed by atoms with Crippen LogP contribution < -0.4 is 5.32 Å². The molecule has 1 amide bonds. The first-order chi connectivity index (χ1) is 10.9. The van der Waals surface area contributed by atoms with Crippen molar-refractivity contribution in [3.05, 3.63) is 29.8 Å². The number of amides is 1. The van der Waals surface area contributed by atoms with Gasteiger partial charge in [-0.05, 0) is 55.7 Å². The van der Waals surface area contributed by atoms with E-state index in [1.54, 1.807) is 18.2 Å². The molecule has 0 radical (unpaired) electrons. The Balaban J connectivity index is 1.59. The fourth-order valence-electron chi connectivity index (χ4n) is 2.61. The normalized spacial score (nSPS) is 20.0. The number of aliphatic hydroxyl groups is 1. The summed E-state index contributed by atoms with van der Waals surface area (Å²) in [6.07, 6.45) is 2.81. The van der Waals surface area contributed by atoms with E-state index in [2.05, 4.69) is 5.32 Å². The van der Waals surface area contributed by atoms with Gasteiger partial charge in [0, 0.05) is 12.3 Å². The molecular weight excluding hydrogens is 304 g/mol. The second kappa shape index (κ2) is 6.17. The van der Waals surface area contributed by atoms with Gasteiger partial charge in [0.2, 0.25) is 0 Å². The van der Waals surface area contributed by atoms with Crippen molar-refractivity contribution in [1.29, 1.82) is 0 Å². The summed E-state index contributed by atoms with van der Waals surface area (Å²) in [4.78, 5) is 11.8. The average Bonchev–Trinajstić information content (AvgIpc) is 3.29. The van der Waals surface area contributed by atoms with Gasteiger partial charge in [-0.1, -0.05) is 12.1 Å². The molecule has 2 saturated carbocycles. The van der Waals surface area contributed by atoms with Gasteiger partial charge in [-0.15, -0.1) is 0 Å². The minimum absolute atomic E-state index is 0.0531. The van der Waals surface area contributed by atoms with Gasteiger partial charge >= 0.3 is 5.92 Å². The predicted molar refractivity (Wildman–Crippen MR) is 81.2 cm³/mol. The average molecular weight is 325 g/mol. The highest BCUT2D eigenvalue weighted by Crippen LogP contribution is 2.44. The second-order valence-corrected chi connectivity index (χ2v) is 6.57. The molecule has 2 N–H and O–H groups in total. The number of carbonyl (C=O) groups excluding carboxylic acids is 1. The summed E-state index contributed by atoms with van der Waals surface area (Å²) < 4.78 is 33.6. The van der Waals surface area contributed by atoms with E-state index in [-0.39, 0.29) is 18.5 Å². The zero-order valence-electron chi connectivity index (χ0n) is 12.9. The number of anilines is 1. The fraction of sp³-hybridized carbons (Fsp3) is 0.588. The van der Waals surface area contributed by atoms with Gasteiger partial charge in [-0.25, -0.2) is 0 Å². The Labute approximate surface area is 133 Å². The first kappa shape index (κ1) is 16.3. The number of nitrogens with one attached hydrogen (secondary N) is 1. The molecule has 4 nitrogen and oxygen atoms in total. The van der Waals surface area contributed by atoms with Crippen molar-refractivity contribution in [2.75, 3.05) is 11.9 Å². The fourth-order valence-corrected chi connectivity index (χ4v) is 2.61. The van der Waals surface area contributed by atoms with Gasteiger partial charge in [0.05, 0.1) is 6.61 Å². The molecule has 3 rings (SSSR count). The first-order valence-electron chi connectivity index (χ1n) is 7.99. The van der Waals surface area contributed by atoms with Crippen LogP contribution in [0, 0.1) is 5.92 Å². The van der Waals surface area contributed by atoms with Gasteiger partial charge < -0.3 is 15.2 Å². The largest absolute Gasteiger partial charge is 0.383 e. The van der Waals surface area contributed by atoms with Crippen LogP contribution in [0.5, 0.6) is 0 Å². The molecule has 0 atom stereocenters. The van der Waals surface area contributed by atoms with Gasteiger partial charge in [-0.2, -0.15) is 8.78 Å². The number of ether oxygens (including phenoxy) is 1. The van der Waals surface area contributed by atoms with Crippen LogP contribution in [-0.4, -0.2) is 29.1 Å². The van der Waals surface area contributed by atoms with E-state index in [9.17, 15) is 18.7 Å². The molecule has 2 aliphatic rings. The monoisotopic (exact) mass is 325 g/mol. The summed E-state index contributed by atoms with van der Waals surface area (Å²) in [5.74, 6) is -4.60. The van der Waals surface area contributed by atoms with E-state index >= 15 is 0 Å². The van der Waals surface area contributed by atoms with Crippen LogP contribution in [0.1, 0.15) is 37.7 Å². The molecule has 0 heterocycles. The molecule has 1 aromatic carbocycles. The third kappa shape index (κ3) is 3.53. The highest BCUT2D eigenvalue weighted by molar-refractivity contribution is 5.97. The van der Waals surface area contributed by atoms with E-state index in [4.69, 9.17) is 4.74 Å². The summed E-state index contributed by atoms with van der Waals surface area (Å²) in [6.45, 7) is 1.10. The summed E-state index contributed by atoms with van der Waals surface area (Å²) in [6, 6.07) is 6.66. The molecule has 2 aliphatic carbocycles. The van der Waals surface area contributed by atoms with Crippen molar-refractivity contribution in [2.24, 2.45) is 5.92 Å². The standard InChI is InChI=1S/C17H21F2NO3/c18-17(19,16(22)7-2-8-16)15(21)20-14-4-1-3-13(9-14)11-23-10-12-5-6-12/h1,3-4,9,12,22H,2,5-8,10-11H2,(H,20,21). The van der Waals surface area contributed by atoms with Crippen molar-refractivity contribution in [1.82, 2.24) is 0 Å². The van der Waals surface area contributed by atoms with E-state index in [0.29, 0.717) is 25.6 Å². The van der Waals surface area contributed by atoms with Crippen LogP contribution in [0.25, 0.3) is 0 Å². The Morgan fingerprint density at radius 3 is 2.74 bits per heavy atom. The molecule has 6 heteroatoms. The lowest BCUT2D eigenvalue weighted by atomic mass is 9.75. The maximum Gasteiger partial charge on any atom is 0.352 e. The summed E-state index contributed by atoms with van der Waals surface area (Å²) in [5, 5.41) is 12.0. The quantitative estimate of drug-likeness (QED) is 0.810. The zero-order chi connectivity index (χ0) is 16.5. The van der Waals surface area contributed by atoms with E-state index in [0.717, 1.165) is 5.56 Å². The highest BCUT2D eigenvalue weighted by Gasteiger charge is 2.61. The zero-order valence-corrected chi connectivity index (χ0v) is 12.9. The molecule has 0 saturated heterocycles. The number of halogens is 2.